The molecule has 0 aromatic heterocycles. The van der Waals surface area contributed by atoms with Gasteiger partial charge < -0.3 is 10.6 Å². The van der Waals surface area contributed by atoms with Crippen molar-refractivity contribution in [3.05, 3.63) is 65.2 Å². The maximum atomic E-state index is 12.2. The number of carbonyl (C=O) groups excluding carboxylic acids is 1. The van der Waals surface area contributed by atoms with Gasteiger partial charge in [-0.2, -0.15) is 0 Å². The standard InChI is InChI=1S/C18H22N2O/c1-3-19-16-9-10-17(14(2)13-16)18(21)20-12-11-15-7-5-4-6-8-15/h4-10,13,19H,3,11-12H2,1-2H3,(H,20,21). The SMILES string of the molecule is CCNc1ccc(C(=O)NCCc2ccccc2)c(C)c1. The minimum Gasteiger partial charge on any atom is -0.385 e. The average molecular weight is 282 g/mol. The Morgan fingerprint density at radius 1 is 1.10 bits per heavy atom. The van der Waals surface area contributed by atoms with E-state index < -0.39 is 0 Å². The summed E-state index contributed by atoms with van der Waals surface area (Å²) >= 11 is 0. The maximum absolute atomic E-state index is 12.2. The molecule has 2 N–H and O–H groups in total. The Morgan fingerprint density at radius 2 is 1.86 bits per heavy atom. The number of nitrogens with one attached hydrogen (secondary N) is 2. The summed E-state index contributed by atoms with van der Waals surface area (Å²) in [6.07, 6.45) is 0.848. The lowest BCUT2D eigenvalue weighted by Crippen LogP contribution is -2.26. The van der Waals surface area contributed by atoms with E-state index in [-0.39, 0.29) is 5.91 Å². The third kappa shape index (κ3) is 4.35. The lowest BCUT2D eigenvalue weighted by molar-refractivity contribution is 0.0953. The molecule has 0 aliphatic rings. The molecule has 0 atom stereocenters. The van der Waals surface area contributed by atoms with E-state index in [0.717, 1.165) is 29.8 Å². The van der Waals surface area contributed by atoms with Crippen molar-refractivity contribution in [1.29, 1.82) is 0 Å². The normalized spacial score (nSPS) is 10.2. The van der Waals surface area contributed by atoms with Gasteiger partial charge in [-0.15, -0.1) is 0 Å². The first-order valence-electron chi connectivity index (χ1n) is 7.37. The summed E-state index contributed by atoms with van der Waals surface area (Å²) in [7, 11) is 0. The van der Waals surface area contributed by atoms with E-state index in [2.05, 4.69) is 29.7 Å². The van der Waals surface area contributed by atoms with Crippen LogP contribution in [-0.2, 0) is 6.42 Å². The van der Waals surface area contributed by atoms with Crippen LogP contribution < -0.4 is 10.6 Å². The first kappa shape index (κ1) is 15.1. The summed E-state index contributed by atoms with van der Waals surface area (Å²) in [4.78, 5) is 12.2. The van der Waals surface area contributed by atoms with Gasteiger partial charge in [-0.05, 0) is 49.6 Å². The van der Waals surface area contributed by atoms with Crippen molar-refractivity contribution in [3.8, 4) is 0 Å². The van der Waals surface area contributed by atoms with Crippen LogP contribution in [0, 0.1) is 6.92 Å². The Labute approximate surface area is 126 Å². The molecule has 0 bridgehead atoms. The molecule has 0 saturated heterocycles. The second-order valence-corrected chi connectivity index (χ2v) is 5.05. The van der Waals surface area contributed by atoms with Crippen LogP contribution in [0.1, 0.15) is 28.4 Å². The molecular weight excluding hydrogens is 260 g/mol. The summed E-state index contributed by atoms with van der Waals surface area (Å²) in [5.41, 5.74) is 4.02. The van der Waals surface area contributed by atoms with Crippen molar-refractivity contribution in [2.45, 2.75) is 20.3 Å². The van der Waals surface area contributed by atoms with E-state index in [1.165, 1.54) is 5.56 Å². The second-order valence-electron chi connectivity index (χ2n) is 5.05. The van der Waals surface area contributed by atoms with Crippen LogP contribution in [0.25, 0.3) is 0 Å². The zero-order chi connectivity index (χ0) is 15.1. The highest BCUT2D eigenvalue weighted by atomic mass is 16.1. The molecule has 0 spiro atoms. The van der Waals surface area contributed by atoms with E-state index in [1.54, 1.807) is 0 Å². The van der Waals surface area contributed by atoms with E-state index in [4.69, 9.17) is 0 Å². The quantitative estimate of drug-likeness (QED) is 0.852. The maximum Gasteiger partial charge on any atom is 0.251 e. The first-order chi connectivity index (χ1) is 10.2. The van der Waals surface area contributed by atoms with Crippen LogP contribution in [0.2, 0.25) is 0 Å². The number of benzene rings is 2. The fourth-order valence-electron chi connectivity index (χ4n) is 2.29. The van der Waals surface area contributed by atoms with Gasteiger partial charge in [-0.25, -0.2) is 0 Å². The summed E-state index contributed by atoms with van der Waals surface area (Å²) in [6.45, 7) is 5.55. The number of hydrogen-bond acceptors (Lipinski definition) is 2. The molecule has 0 radical (unpaired) electrons. The van der Waals surface area contributed by atoms with Gasteiger partial charge in [-0.1, -0.05) is 30.3 Å². The highest BCUT2D eigenvalue weighted by Gasteiger charge is 2.08. The molecule has 2 aromatic carbocycles. The third-order valence-electron chi connectivity index (χ3n) is 3.39. The van der Waals surface area contributed by atoms with Crippen LogP contribution in [0.5, 0.6) is 0 Å². The summed E-state index contributed by atoms with van der Waals surface area (Å²) in [6, 6.07) is 16.0. The van der Waals surface area contributed by atoms with Gasteiger partial charge >= 0.3 is 0 Å². The molecular formula is C18H22N2O. The zero-order valence-corrected chi connectivity index (χ0v) is 12.6. The fourth-order valence-corrected chi connectivity index (χ4v) is 2.29. The highest BCUT2D eigenvalue weighted by Crippen LogP contribution is 2.15. The molecule has 3 nitrogen and oxygen atoms in total. The lowest BCUT2D eigenvalue weighted by Gasteiger charge is -2.10. The third-order valence-corrected chi connectivity index (χ3v) is 3.39. The Bertz CT molecular complexity index is 593. The molecule has 0 fully saturated rings. The molecule has 110 valence electrons. The van der Waals surface area contributed by atoms with Crippen LogP contribution >= 0.6 is 0 Å². The zero-order valence-electron chi connectivity index (χ0n) is 12.6. The van der Waals surface area contributed by atoms with Gasteiger partial charge in [0.1, 0.15) is 0 Å². The van der Waals surface area contributed by atoms with Crippen LogP contribution in [0.15, 0.2) is 48.5 Å². The minimum atomic E-state index is -0.00789. The smallest absolute Gasteiger partial charge is 0.251 e. The molecule has 0 heterocycles. The average Bonchev–Trinajstić information content (AvgIpc) is 2.48. The summed E-state index contributed by atoms with van der Waals surface area (Å²) < 4.78 is 0. The van der Waals surface area contributed by atoms with E-state index in [0.29, 0.717) is 6.54 Å². The highest BCUT2D eigenvalue weighted by molar-refractivity contribution is 5.96. The van der Waals surface area contributed by atoms with Gasteiger partial charge in [0.05, 0.1) is 0 Å². The molecule has 2 aromatic rings. The monoisotopic (exact) mass is 282 g/mol. The number of anilines is 1. The van der Waals surface area contributed by atoms with Gasteiger partial charge in [0.15, 0.2) is 0 Å². The molecule has 0 aliphatic carbocycles. The number of hydrogen-bond donors (Lipinski definition) is 2. The Morgan fingerprint density at radius 3 is 2.52 bits per heavy atom. The van der Waals surface area contributed by atoms with Crippen molar-refractivity contribution in [2.75, 3.05) is 18.4 Å². The van der Waals surface area contributed by atoms with Crippen molar-refractivity contribution < 1.29 is 4.79 Å². The van der Waals surface area contributed by atoms with Crippen molar-refractivity contribution in [1.82, 2.24) is 5.32 Å². The van der Waals surface area contributed by atoms with Crippen LogP contribution in [0.4, 0.5) is 5.69 Å². The Hall–Kier alpha value is -2.29. The fraction of sp³-hybridized carbons (Fsp3) is 0.278. The lowest BCUT2D eigenvalue weighted by atomic mass is 10.1. The van der Waals surface area contributed by atoms with Crippen molar-refractivity contribution in [3.63, 3.8) is 0 Å². The molecule has 1 amide bonds. The van der Waals surface area contributed by atoms with E-state index in [1.807, 2.05) is 43.3 Å². The van der Waals surface area contributed by atoms with Gasteiger partial charge in [-0.3, -0.25) is 4.79 Å². The molecule has 21 heavy (non-hydrogen) atoms. The van der Waals surface area contributed by atoms with E-state index >= 15 is 0 Å². The van der Waals surface area contributed by atoms with Gasteiger partial charge in [0.25, 0.3) is 5.91 Å². The number of amides is 1. The number of aryl methyl sites for hydroxylation is 1. The predicted octanol–water partition coefficient (Wildman–Crippen LogP) is 3.40. The van der Waals surface area contributed by atoms with Gasteiger partial charge in [0, 0.05) is 24.3 Å². The Balaban J connectivity index is 1.91. The summed E-state index contributed by atoms with van der Waals surface area (Å²) in [5.74, 6) is -0.00789. The minimum absolute atomic E-state index is 0.00789. The molecule has 2 rings (SSSR count). The molecule has 0 aliphatic heterocycles. The largest absolute Gasteiger partial charge is 0.385 e. The topological polar surface area (TPSA) is 41.1 Å². The van der Waals surface area contributed by atoms with Crippen LogP contribution in [0.3, 0.4) is 0 Å². The van der Waals surface area contributed by atoms with E-state index in [9.17, 15) is 4.79 Å². The number of rotatable bonds is 6. The first-order valence-corrected chi connectivity index (χ1v) is 7.37. The number of carbonyl (C=O) groups is 1. The van der Waals surface area contributed by atoms with Crippen molar-refractivity contribution >= 4 is 11.6 Å². The van der Waals surface area contributed by atoms with Crippen LogP contribution in [-0.4, -0.2) is 19.0 Å². The van der Waals surface area contributed by atoms with Crippen molar-refractivity contribution in [2.24, 2.45) is 0 Å². The molecule has 3 heteroatoms. The second kappa shape index (κ2) is 7.48. The van der Waals surface area contributed by atoms with Gasteiger partial charge in [0.2, 0.25) is 0 Å². The molecule has 0 unspecified atom stereocenters. The Kier molecular flexibility index (Phi) is 5.38. The predicted molar refractivity (Wildman–Crippen MR) is 87.8 cm³/mol. The molecule has 0 saturated carbocycles. The summed E-state index contributed by atoms with van der Waals surface area (Å²) in [5, 5.41) is 6.23.